The highest BCUT2D eigenvalue weighted by Crippen LogP contribution is 1.93. The molecule has 0 radical (unpaired) electrons. The van der Waals surface area contributed by atoms with Crippen LogP contribution < -0.4 is 5.32 Å². The van der Waals surface area contributed by atoms with E-state index in [9.17, 15) is 0 Å². The lowest BCUT2D eigenvalue weighted by atomic mass is 10.1. The number of quaternary nitrogens is 1. The van der Waals surface area contributed by atoms with Gasteiger partial charge in [-0.1, -0.05) is 13.8 Å². The van der Waals surface area contributed by atoms with E-state index in [0.29, 0.717) is 0 Å². The van der Waals surface area contributed by atoms with Crippen LogP contribution >= 0.6 is 0 Å². The Labute approximate surface area is 72.9 Å². The van der Waals surface area contributed by atoms with Gasteiger partial charge in [0.25, 0.3) is 0 Å². The van der Waals surface area contributed by atoms with Crippen molar-refractivity contribution in [3.63, 3.8) is 0 Å². The average Bonchev–Trinajstić information content (AvgIpc) is 1.86. The van der Waals surface area contributed by atoms with E-state index in [1.165, 1.54) is 19.5 Å². The van der Waals surface area contributed by atoms with Crippen molar-refractivity contribution >= 4 is 0 Å². The maximum atomic E-state index is 8.25. The molecule has 0 aliphatic carbocycles. The van der Waals surface area contributed by atoms with Gasteiger partial charge < -0.3 is 20.6 Å². The first-order valence-corrected chi connectivity index (χ1v) is 4.13. The highest BCUT2D eigenvalue weighted by Gasteiger charge is 1.92. The van der Waals surface area contributed by atoms with E-state index in [0.717, 1.165) is 5.92 Å². The van der Waals surface area contributed by atoms with Crippen LogP contribution in [0.2, 0.25) is 0 Å². The second-order valence-electron chi connectivity index (χ2n) is 2.89. The molecule has 5 nitrogen and oxygen atoms in total. The van der Waals surface area contributed by atoms with Crippen LogP contribution in [-0.2, 0) is 0 Å². The van der Waals surface area contributed by atoms with Gasteiger partial charge in [-0.3, -0.25) is 0 Å². The largest absolute Gasteiger partial charge is 0.356 e. The van der Waals surface area contributed by atoms with Crippen LogP contribution in [0.3, 0.4) is 0 Å². The molecule has 0 spiro atoms. The number of nitrogens with two attached hydrogens (primary N) is 1. The third-order valence-electron chi connectivity index (χ3n) is 1.24. The zero-order valence-corrected chi connectivity index (χ0v) is 7.95. The van der Waals surface area contributed by atoms with Gasteiger partial charge in [0, 0.05) is 0 Å². The highest BCUT2D eigenvalue weighted by molar-refractivity contribution is 4.38. The molecule has 12 heavy (non-hydrogen) atoms. The second-order valence-corrected chi connectivity index (χ2v) is 2.89. The summed E-state index contributed by atoms with van der Waals surface area (Å²) in [7, 11) is 0. The summed E-state index contributed by atoms with van der Waals surface area (Å²) < 4.78 is 0. The predicted octanol–water partition coefficient (Wildman–Crippen LogP) is 0.377. The maximum Gasteiger partial charge on any atom is 0.0757 e. The van der Waals surface area contributed by atoms with Crippen LogP contribution in [0.15, 0.2) is 0 Å². The number of rotatable bonds is 4. The summed E-state index contributed by atoms with van der Waals surface area (Å²) in [5.74, 6) is 0.873. The van der Waals surface area contributed by atoms with Gasteiger partial charge in [0.15, 0.2) is 0 Å². The molecule has 5 heteroatoms. The van der Waals surface area contributed by atoms with Crippen LogP contribution in [0.1, 0.15) is 27.2 Å². The Balaban J connectivity index is 0. The van der Waals surface area contributed by atoms with Gasteiger partial charge in [0.2, 0.25) is 0 Å². The standard InChI is InChI=1S/C7H17N.NO3/c1-4-8-6-5-7(2)3;2-1(3)4/h7-8H,4-6H2,1-3H3;/q;-1/p+1. The molecule has 0 aliphatic heterocycles. The average molecular weight is 178 g/mol. The summed E-state index contributed by atoms with van der Waals surface area (Å²) in [5, 5.41) is 17.1. The van der Waals surface area contributed by atoms with E-state index in [1.54, 1.807) is 0 Å². The van der Waals surface area contributed by atoms with Gasteiger partial charge in [-0.05, 0) is 19.3 Å². The minimum absolute atomic E-state index is 0.873. The van der Waals surface area contributed by atoms with Crippen LogP contribution in [0.4, 0.5) is 0 Å². The molecular weight excluding hydrogens is 160 g/mol. The van der Waals surface area contributed by atoms with Crippen LogP contribution in [-0.4, -0.2) is 18.2 Å². The Hall–Kier alpha value is -0.840. The molecule has 0 saturated carbocycles. The van der Waals surface area contributed by atoms with Gasteiger partial charge in [-0.2, -0.15) is 0 Å². The van der Waals surface area contributed by atoms with E-state index >= 15 is 0 Å². The second kappa shape index (κ2) is 10.2. The zero-order chi connectivity index (χ0) is 9.98. The summed E-state index contributed by atoms with van der Waals surface area (Å²) in [5.41, 5.74) is 0. The van der Waals surface area contributed by atoms with Crippen molar-refractivity contribution in [3.8, 4) is 0 Å². The lowest BCUT2D eigenvalue weighted by molar-refractivity contribution is -0.652. The Kier molecular flexibility index (Phi) is 11.6. The molecule has 0 amide bonds. The van der Waals surface area contributed by atoms with E-state index in [4.69, 9.17) is 15.3 Å². The van der Waals surface area contributed by atoms with Gasteiger partial charge in [-0.15, -0.1) is 0 Å². The van der Waals surface area contributed by atoms with Crippen molar-refractivity contribution in [2.75, 3.05) is 13.1 Å². The number of hydrogen-bond donors (Lipinski definition) is 1. The van der Waals surface area contributed by atoms with Crippen LogP contribution in [0.5, 0.6) is 0 Å². The molecular formula is C7H18N2O3. The third-order valence-corrected chi connectivity index (χ3v) is 1.24. The molecule has 0 bridgehead atoms. The predicted molar refractivity (Wildman–Crippen MR) is 47.1 cm³/mol. The molecule has 2 N–H and O–H groups in total. The van der Waals surface area contributed by atoms with Crippen molar-refractivity contribution in [2.24, 2.45) is 5.92 Å². The summed E-state index contributed by atoms with van der Waals surface area (Å²) in [6.45, 7) is 9.26. The smallest absolute Gasteiger partial charge is 0.0757 e. The van der Waals surface area contributed by atoms with Gasteiger partial charge in [-0.25, -0.2) is 0 Å². The molecule has 0 saturated heterocycles. The van der Waals surface area contributed by atoms with E-state index in [-0.39, 0.29) is 0 Å². The van der Waals surface area contributed by atoms with E-state index in [1.807, 2.05) is 0 Å². The molecule has 0 atom stereocenters. The highest BCUT2D eigenvalue weighted by atomic mass is 16.9. The minimum Gasteiger partial charge on any atom is -0.356 e. The normalized spacial score (nSPS) is 9.00. The fourth-order valence-corrected chi connectivity index (χ4v) is 0.655. The zero-order valence-electron chi connectivity index (χ0n) is 7.95. The van der Waals surface area contributed by atoms with Crippen molar-refractivity contribution < 1.29 is 10.4 Å². The summed E-state index contributed by atoms with van der Waals surface area (Å²) in [4.78, 5) is 8.25. The number of nitrogens with zero attached hydrogens (tertiary/aromatic N) is 1. The van der Waals surface area contributed by atoms with Crippen LogP contribution in [0, 0.1) is 21.2 Å². The summed E-state index contributed by atoms with van der Waals surface area (Å²) in [6, 6.07) is 0. The first kappa shape index (κ1) is 13.7. The fraction of sp³-hybridized carbons (Fsp3) is 1.00. The Morgan fingerprint density at radius 1 is 1.42 bits per heavy atom. The monoisotopic (exact) mass is 178 g/mol. The quantitative estimate of drug-likeness (QED) is 0.383. The SMILES string of the molecule is CC[NH2+]CCC(C)C.O=[N+]([O-])[O-]. The van der Waals surface area contributed by atoms with Gasteiger partial charge in [0.1, 0.15) is 0 Å². The van der Waals surface area contributed by atoms with E-state index in [2.05, 4.69) is 26.1 Å². The van der Waals surface area contributed by atoms with Crippen molar-refractivity contribution in [3.05, 3.63) is 15.3 Å². The molecule has 0 aromatic heterocycles. The molecule has 0 heterocycles. The first-order chi connectivity index (χ1) is 5.50. The molecule has 0 rings (SSSR count). The third kappa shape index (κ3) is 35.2. The van der Waals surface area contributed by atoms with Gasteiger partial charge in [0.05, 0.1) is 18.2 Å². The van der Waals surface area contributed by atoms with Gasteiger partial charge >= 0.3 is 0 Å². The summed E-state index contributed by atoms with van der Waals surface area (Å²) >= 11 is 0. The molecule has 0 fully saturated rings. The summed E-state index contributed by atoms with van der Waals surface area (Å²) in [6.07, 6.45) is 1.36. The van der Waals surface area contributed by atoms with E-state index < -0.39 is 5.09 Å². The van der Waals surface area contributed by atoms with Crippen molar-refractivity contribution in [2.45, 2.75) is 27.2 Å². The van der Waals surface area contributed by atoms with Crippen LogP contribution in [0.25, 0.3) is 0 Å². The molecule has 0 aromatic carbocycles. The first-order valence-electron chi connectivity index (χ1n) is 4.13. The molecule has 0 unspecified atom stereocenters. The minimum atomic E-state index is -1.75. The van der Waals surface area contributed by atoms with Crippen molar-refractivity contribution in [1.29, 1.82) is 0 Å². The maximum absolute atomic E-state index is 8.25. The molecule has 0 aliphatic rings. The lowest BCUT2D eigenvalue weighted by Crippen LogP contribution is -2.83. The Morgan fingerprint density at radius 3 is 2.08 bits per heavy atom. The van der Waals surface area contributed by atoms with Crippen molar-refractivity contribution in [1.82, 2.24) is 0 Å². The molecule has 0 aromatic rings. The number of hydrogen-bond acceptors (Lipinski definition) is 3. The Morgan fingerprint density at radius 2 is 1.83 bits per heavy atom. The Bertz CT molecular complexity index is 103. The fourth-order valence-electron chi connectivity index (χ4n) is 0.655. The lowest BCUT2D eigenvalue weighted by Gasteiger charge is -2.00. The molecule has 74 valence electrons. The topological polar surface area (TPSA) is 82.8 Å².